The first-order chi connectivity index (χ1) is 26.5. The van der Waals surface area contributed by atoms with Crippen molar-refractivity contribution in [3.05, 3.63) is 102 Å². The number of amides is 3. The summed E-state index contributed by atoms with van der Waals surface area (Å²) in [6.07, 6.45) is 9.96. The molecule has 2 bridgehead atoms. The maximum absolute atomic E-state index is 13.7. The van der Waals surface area contributed by atoms with E-state index in [1.54, 1.807) is 24.5 Å². The van der Waals surface area contributed by atoms with Crippen LogP contribution in [0.5, 0.6) is 0 Å². The molecule has 278 valence electrons. The lowest BCUT2D eigenvalue weighted by Gasteiger charge is -2.28. The number of fused-ring (bicyclic) bond motifs is 4. The molecule has 8 rings (SSSR count). The van der Waals surface area contributed by atoms with Gasteiger partial charge in [0, 0.05) is 43.2 Å². The summed E-state index contributed by atoms with van der Waals surface area (Å²) in [4.78, 5) is 63.6. The van der Waals surface area contributed by atoms with Gasteiger partial charge in [0.1, 0.15) is 17.7 Å². The average Bonchev–Trinajstić information content (AvgIpc) is 4.05. The van der Waals surface area contributed by atoms with Crippen LogP contribution in [-0.2, 0) is 20.9 Å². The number of pyridine rings is 1. The van der Waals surface area contributed by atoms with Gasteiger partial charge >= 0.3 is 6.09 Å². The smallest absolute Gasteiger partial charge is 0.407 e. The Bertz CT molecular complexity index is 2100. The van der Waals surface area contributed by atoms with E-state index < -0.39 is 12.1 Å². The van der Waals surface area contributed by atoms with E-state index in [0.717, 1.165) is 89.5 Å². The lowest BCUT2D eigenvalue weighted by Crippen LogP contribution is -2.48. The maximum atomic E-state index is 13.7. The van der Waals surface area contributed by atoms with E-state index in [9.17, 15) is 14.4 Å². The van der Waals surface area contributed by atoms with Gasteiger partial charge in [0.2, 0.25) is 5.91 Å². The van der Waals surface area contributed by atoms with Gasteiger partial charge in [-0.3, -0.25) is 14.6 Å². The molecule has 2 aromatic carbocycles. The van der Waals surface area contributed by atoms with Crippen molar-refractivity contribution in [2.75, 3.05) is 26.8 Å². The van der Waals surface area contributed by atoms with E-state index in [2.05, 4.69) is 68.8 Å². The van der Waals surface area contributed by atoms with Crippen LogP contribution in [-0.4, -0.2) is 85.5 Å². The van der Waals surface area contributed by atoms with E-state index in [1.807, 2.05) is 16.0 Å². The number of hydrogen-bond donors (Lipinski definition) is 3. The van der Waals surface area contributed by atoms with Crippen molar-refractivity contribution in [1.82, 2.24) is 40.0 Å². The van der Waals surface area contributed by atoms with Gasteiger partial charge in [0.05, 0.1) is 49.1 Å². The molecule has 0 unspecified atom stereocenters. The van der Waals surface area contributed by atoms with Gasteiger partial charge in [-0.1, -0.05) is 48.5 Å². The monoisotopic (exact) mass is 728 g/mol. The van der Waals surface area contributed by atoms with Gasteiger partial charge in [-0.15, -0.1) is 0 Å². The molecular formula is C41H44N8O5. The molecule has 0 saturated carbocycles. The number of ether oxygens (including phenoxy) is 2. The SMILES string of the molecule is COC(=O)N[C@H]1CCCCOCc2[nH]c(nc2-c2ccc(-c3ccc(-c4cnc([C@@H]5CCCN5C(=O)c5ccncc5)[nH]4)cc3)cc2)[C@@H]2CCCN2C1=O. The second kappa shape index (κ2) is 15.7. The molecule has 3 atom stereocenters. The highest BCUT2D eigenvalue weighted by Gasteiger charge is 2.37. The minimum absolute atomic E-state index is 0.00204. The van der Waals surface area contributed by atoms with E-state index >= 15 is 0 Å². The summed E-state index contributed by atoms with van der Waals surface area (Å²) < 4.78 is 10.9. The number of benzene rings is 2. The Morgan fingerprint density at radius 3 is 2.28 bits per heavy atom. The van der Waals surface area contributed by atoms with Crippen molar-refractivity contribution in [3.8, 4) is 33.6 Å². The zero-order chi connectivity index (χ0) is 37.0. The van der Waals surface area contributed by atoms with Crippen LogP contribution in [0.4, 0.5) is 4.79 Å². The number of methoxy groups -OCH3 is 1. The highest BCUT2D eigenvalue weighted by molar-refractivity contribution is 5.94. The number of aromatic amines is 2. The predicted molar refractivity (Wildman–Crippen MR) is 201 cm³/mol. The Labute approximate surface area is 313 Å². The second-order valence-electron chi connectivity index (χ2n) is 14.1. The van der Waals surface area contributed by atoms with Gasteiger partial charge in [0.25, 0.3) is 5.91 Å². The number of carbonyl (C=O) groups is 3. The van der Waals surface area contributed by atoms with Crippen LogP contribution in [0, 0.1) is 0 Å². The Kier molecular flexibility index (Phi) is 10.2. The number of H-pyrrole nitrogens is 2. The van der Waals surface area contributed by atoms with Gasteiger partial charge < -0.3 is 34.6 Å². The second-order valence-corrected chi connectivity index (χ2v) is 14.1. The molecule has 13 nitrogen and oxygen atoms in total. The van der Waals surface area contributed by atoms with Gasteiger partial charge in [0.15, 0.2) is 0 Å². The zero-order valence-electron chi connectivity index (χ0n) is 30.3. The summed E-state index contributed by atoms with van der Waals surface area (Å²) >= 11 is 0. The topological polar surface area (TPSA) is 158 Å². The first-order valence-corrected chi connectivity index (χ1v) is 18.8. The Morgan fingerprint density at radius 2 is 1.52 bits per heavy atom. The van der Waals surface area contributed by atoms with Gasteiger partial charge in [-0.25, -0.2) is 14.8 Å². The first-order valence-electron chi connectivity index (χ1n) is 18.8. The molecule has 0 spiro atoms. The van der Waals surface area contributed by atoms with Crippen molar-refractivity contribution in [1.29, 1.82) is 0 Å². The molecule has 3 aliphatic rings. The summed E-state index contributed by atoms with van der Waals surface area (Å²) in [6.45, 7) is 2.21. The van der Waals surface area contributed by atoms with Crippen LogP contribution in [0.1, 0.15) is 84.7 Å². The molecule has 13 heteroatoms. The number of carbonyl (C=O) groups excluding carboxylic acids is 3. The summed E-state index contributed by atoms with van der Waals surface area (Å²) in [5.74, 6) is 1.41. The highest BCUT2D eigenvalue weighted by atomic mass is 16.5. The Hall–Kier alpha value is -5.82. The van der Waals surface area contributed by atoms with Crippen LogP contribution in [0.2, 0.25) is 0 Å². The lowest BCUT2D eigenvalue weighted by molar-refractivity contribution is -0.134. The fourth-order valence-electron chi connectivity index (χ4n) is 7.90. The fraction of sp³-hybridized carbons (Fsp3) is 0.366. The van der Waals surface area contributed by atoms with E-state index in [1.165, 1.54) is 7.11 Å². The third kappa shape index (κ3) is 7.23. The Balaban J connectivity index is 0.981. The van der Waals surface area contributed by atoms with Crippen molar-refractivity contribution in [2.24, 2.45) is 0 Å². The van der Waals surface area contributed by atoms with Crippen molar-refractivity contribution >= 4 is 17.9 Å². The van der Waals surface area contributed by atoms with Crippen LogP contribution < -0.4 is 5.32 Å². The standard InChI is InChI=1S/C41H44N8O5/c1-53-41(52)46-31-6-2-3-23-54-25-33-36(47-38(45-33)35-8-5-22-49(35)40(31)51)29-15-11-27(12-16-29)26-9-13-28(14-10-26)32-24-43-37(44-32)34-7-4-21-48(34)39(50)30-17-19-42-20-18-30/h9-20,24,31,34-35H,2-8,21-23,25H2,1H3,(H,43,44)(H,45,47)(H,46,52)/t31-,34-,35-/m0/s1. The van der Waals surface area contributed by atoms with E-state index in [0.29, 0.717) is 38.3 Å². The van der Waals surface area contributed by atoms with Crippen LogP contribution in [0.15, 0.2) is 79.3 Å². The number of nitrogens with one attached hydrogen (secondary N) is 3. The quantitative estimate of drug-likeness (QED) is 0.177. The molecule has 0 aliphatic carbocycles. The van der Waals surface area contributed by atoms with Crippen molar-refractivity contribution in [2.45, 2.75) is 69.7 Å². The normalized spacial score (nSPS) is 20.5. The Morgan fingerprint density at radius 1 is 0.815 bits per heavy atom. The van der Waals surface area contributed by atoms with E-state index in [-0.39, 0.29) is 23.9 Å². The number of rotatable bonds is 6. The molecule has 3 amide bonds. The van der Waals surface area contributed by atoms with Crippen LogP contribution in [0.3, 0.4) is 0 Å². The molecule has 3 aromatic heterocycles. The molecule has 2 fully saturated rings. The molecule has 5 aromatic rings. The summed E-state index contributed by atoms with van der Waals surface area (Å²) in [5, 5.41) is 2.75. The van der Waals surface area contributed by atoms with Crippen molar-refractivity contribution < 1.29 is 23.9 Å². The number of nitrogens with zero attached hydrogens (tertiary/aromatic N) is 5. The minimum atomic E-state index is -0.662. The number of likely N-dealkylation sites (tertiary alicyclic amines) is 1. The maximum Gasteiger partial charge on any atom is 0.407 e. The lowest BCUT2D eigenvalue weighted by atomic mass is 10.0. The largest absolute Gasteiger partial charge is 0.453 e. The third-order valence-corrected chi connectivity index (χ3v) is 10.7. The van der Waals surface area contributed by atoms with Crippen LogP contribution in [0.25, 0.3) is 33.6 Å². The third-order valence-electron chi connectivity index (χ3n) is 10.7. The molecule has 6 heterocycles. The van der Waals surface area contributed by atoms with Gasteiger partial charge in [-0.05, 0) is 73.8 Å². The minimum Gasteiger partial charge on any atom is -0.453 e. The zero-order valence-corrected chi connectivity index (χ0v) is 30.3. The number of aromatic nitrogens is 5. The summed E-state index contributed by atoms with van der Waals surface area (Å²) in [5.41, 5.74) is 7.35. The molecule has 54 heavy (non-hydrogen) atoms. The van der Waals surface area contributed by atoms with Crippen LogP contribution >= 0.6 is 0 Å². The molecule has 0 radical (unpaired) electrons. The van der Waals surface area contributed by atoms with Crippen molar-refractivity contribution in [3.63, 3.8) is 0 Å². The predicted octanol–water partition coefficient (Wildman–Crippen LogP) is 6.59. The van der Waals surface area contributed by atoms with E-state index in [4.69, 9.17) is 19.4 Å². The summed E-state index contributed by atoms with van der Waals surface area (Å²) in [7, 11) is 1.31. The fourth-order valence-corrected chi connectivity index (χ4v) is 7.90. The average molecular weight is 729 g/mol. The molecule has 3 aliphatic heterocycles. The first kappa shape index (κ1) is 35.2. The molecule has 2 saturated heterocycles. The molecule has 3 N–H and O–H groups in total. The summed E-state index contributed by atoms with van der Waals surface area (Å²) in [6, 6.07) is 19.2. The highest BCUT2D eigenvalue weighted by Crippen LogP contribution is 2.36. The number of hydrogen-bond acceptors (Lipinski definition) is 8. The van der Waals surface area contributed by atoms with Gasteiger partial charge in [-0.2, -0.15) is 0 Å². The molecular weight excluding hydrogens is 685 g/mol. The number of alkyl carbamates (subject to hydrolysis) is 1. The number of imidazole rings is 2.